The van der Waals surface area contributed by atoms with E-state index in [2.05, 4.69) is 21.2 Å². The van der Waals surface area contributed by atoms with Gasteiger partial charge in [0, 0.05) is 4.47 Å². The van der Waals surface area contributed by atoms with Gasteiger partial charge < -0.3 is 9.47 Å². The molecule has 0 aromatic heterocycles. The summed E-state index contributed by atoms with van der Waals surface area (Å²) < 4.78 is 11.4. The Morgan fingerprint density at radius 3 is 2.43 bits per heavy atom. The molecule has 1 aliphatic rings. The van der Waals surface area contributed by atoms with Gasteiger partial charge in [-0.25, -0.2) is 0 Å². The number of carbonyl (C=O) groups excluding carboxylic acids is 2. The zero-order valence-electron chi connectivity index (χ0n) is 15.4. The van der Waals surface area contributed by atoms with Gasteiger partial charge >= 0.3 is 0 Å². The molecule has 144 valence electrons. The second-order valence-corrected chi connectivity index (χ2v) is 7.30. The molecule has 1 heterocycles. The summed E-state index contributed by atoms with van der Waals surface area (Å²) in [5.74, 6) is 0.0259. The summed E-state index contributed by atoms with van der Waals surface area (Å²) in [5.41, 5.74) is 2.02. The molecule has 1 fully saturated rings. The fourth-order valence-electron chi connectivity index (χ4n) is 2.81. The van der Waals surface area contributed by atoms with Gasteiger partial charge in [0.2, 0.25) is 0 Å². The van der Waals surface area contributed by atoms with Crippen LogP contribution >= 0.6 is 28.1 Å². The quantitative estimate of drug-likeness (QED) is 0.428. The van der Waals surface area contributed by atoms with Crippen LogP contribution in [-0.2, 0) is 9.59 Å². The van der Waals surface area contributed by atoms with Crippen molar-refractivity contribution in [2.75, 3.05) is 19.1 Å². The summed E-state index contributed by atoms with van der Waals surface area (Å²) in [7, 11) is 3.07. The fraction of sp³-hybridized carbons (Fsp3) is 0.150. The maximum atomic E-state index is 13.1. The molecule has 1 saturated heterocycles. The highest BCUT2D eigenvalue weighted by molar-refractivity contribution is 9.10. The van der Waals surface area contributed by atoms with E-state index in [0.29, 0.717) is 22.7 Å². The smallest absolute Gasteiger partial charge is 0.270 e. The van der Waals surface area contributed by atoms with Gasteiger partial charge in [-0.2, -0.15) is 0 Å². The van der Waals surface area contributed by atoms with Crippen LogP contribution in [0.25, 0.3) is 6.08 Å². The predicted octanol–water partition coefficient (Wildman–Crippen LogP) is 3.61. The Hall–Kier alpha value is -2.71. The molecule has 2 aromatic rings. The number of aryl methyl sites for hydroxylation is 1. The van der Waals surface area contributed by atoms with Crippen molar-refractivity contribution in [3.8, 4) is 11.5 Å². The van der Waals surface area contributed by atoms with Gasteiger partial charge in [-0.05, 0) is 66.7 Å². The average Bonchev–Trinajstić information content (AvgIpc) is 2.65. The van der Waals surface area contributed by atoms with E-state index in [1.165, 1.54) is 18.1 Å². The number of thiocarbonyl (C=S) groups is 1. The number of methoxy groups -OCH3 is 2. The molecule has 0 saturated carbocycles. The molecule has 0 spiro atoms. The van der Waals surface area contributed by atoms with Crippen molar-refractivity contribution in [2.45, 2.75) is 6.92 Å². The molecule has 6 nitrogen and oxygen atoms in total. The maximum Gasteiger partial charge on any atom is 0.270 e. The molecular weight excluding hydrogens is 444 g/mol. The summed E-state index contributed by atoms with van der Waals surface area (Å²) in [6, 6.07) is 10.6. The lowest BCUT2D eigenvalue weighted by Crippen LogP contribution is -2.54. The van der Waals surface area contributed by atoms with Gasteiger partial charge in [-0.15, -0.1) is 0 Å². The number of nitrogens with one attached hydrogen (secondary N) is 1. The van der Waals surface area contributed by atoms with Gasteiger partial charge in [0.05, 0.1) is 19.9 Å². The topological polar surface area (TPSA) is 67.9 Å². The highest BCUT2D eigenvalue weighted by Crippen LogP contribution is 2.32. The van der Waals surface area contributed by atoms with Gasteiger partial charge in [0.15, 0.2) is 16.6 Å². The van der Waals surface area contributed by atoms with Crippen LogP contribution in [0.5, 0.6) is 11.5 Å². The number of hydrogen-bond donors (Lipinski definition) is 1. The summed E-state index contributed by atoms with van der Waals surface area (Å²) in [6.45, 7) is 1.86. The molecule has 0 atom stereocenters. The molecular formula is C20H17BrN2O4S. The molecule has 1 N–H and O–H groups in total. The minimum absolute atomic E-state index is 0.0242. The first-order chi connectivity index (χ1) is 13.3. The number of amides is 2. The van der Waals surface area contributed by atoms with Crippen molar-refractivity contribution >= 4 is 56.8 Å². The van der Waals surface area contributed by atoms with Crippen molar-refractivity contribution in [1.29, 1.82) is 0 Å². The lowest BCUT2D eigenvalue weighted by molar-refractivity contribution is -0.122. The first-order valence-corrected chi connectivity index (χ1v) is 9.45. The number of nitrogens with zero attached hydrogens (tertiary/aromatic N) is 1. The fourth-order valence-corrected chi connectivity index (χ4v) is 3.48. The third-order valence-corrected chi connectivity index (χ3v) is 5.02. The SMILES string of the molecule is COc1cc(C)c(C=C2C(=O)NC(=S)N(c3cccc(Br)c3)C2=O)cc1OC. The molecule has 1 aliphatic heterocycles. The van der Waals surface area contributed by atoms with Gasteiger partial charge in [0.25, 0.3) is 11.8 Å². The number of benzene rings is 2. The molecule has 0 aliphatic carbocycles. The second kappa shape index (κ2) is 8.12. The van der Waals surface area contributed by atoms with Crippen LogP contribution in [0.1, 0.15) is 11.1 Å². The molecule has 28 heavy (non-hydrogen) atoms. The lowest BCUT2D eigenvalue weighted by Gasteiger charge is -2.29. The van der Waals surface area contributed by atoms with Crippen LogP contribution in [0.4, 0.5) is 5.69 Å². The van der Waals surface area contributed by atoms with Gasteiger partial charge in [-0.3, -0.25) is 19.8 Å². The third kappa shape index (κ3) is 3.79. The van der Waals surface area contributed by atoms with Crippen molar-refractivity contribution < 1.29 is 19.1 Å². The minimum atomic E-state index is -0.546. The van der Waals surface area contributed by atoms with Crippen molar-refractivity contribution in [3.05, 3.63) is 57.6 Å². The minimum Gasteiger partial charge on any atom is -0.493 e. The standard InChI is InChI=1S/C20H17BrN2O4S/c1-11-7-16(26-2)17(27-3)9-12(11)8-15-18(24)22-20(28)23(19(15)25)14-6-4-5-13(21)10-14/h4-10H,1-3H3,(H,22,24,28). The molecule has 0 radical (unpaired) electrons. The van der Waals surface area contributed by atoms with Crippen LogP contribution in [0.15, 0.2) is 46.4 Å². The Bertz CT molecular complexity index is 1020. The largest absolute Gasteiger partial charge is 0.493 e. The Balaban J connectivity index is 2.07. The Morgan fingerprint density at radius 1 is 1.11 bits per heavy atom. The van der Waals surface area contributed by atoms with E-state index in [-0.39, 0.29) is 10.7 Å². The molecule has 2 aromatic carbocycles. The normalized spacial score (nSPS) is 15.6. The van der Waals surface area contributed by atoms with Crippen LogP contribution in [-0.4, -0.2) is 31.1 Å². The van der Waals surface area contributed by atoms with Gasteiger partial charge in [-0.1, -0.05) is 22.0 Å². The number of ether oxygens (including phenoxy) is 2. The lowest BCUT2D eigenvalue weighted by atomic mass is 10.0. The van der Waals surface area contributed by atoms with Crippen LogP contribution in [0.3, 0.4) is 0 Å². The molecule has 0 unspecified atom stereocenters. The highest BCUT2D eigenvalue weighted by Gasteiger charge is 2.34. The first-order valence-electron chi connectivity index (χ1n) is 8.25. The van der Waals surface area contributed by atoms with E-state index in [9.17, 15) is 9.59 Å². The highest BCUT2D eigenvalue weighted by atomic mass is 79.9. The van der Waals surface area contributed by atoms with Gasteiger partial charge in [0.1, 0.15) is 5.57 Å². The van der Waals surface area contributed by atoms with E-state index >= 15 is 0 Å². The predicted molar refractivity (Wildman–Crippen MR) is 115 cm³/mol. The van der Waals surface area contributed by atoms with E-state index in [1.54, 1.807) is 37.4 Å². The summed E-state index contributed by atoms with van der Waals surface area (Å²) in [4.78, 5) is 26.9. The zero-order chi connectivity index (χ0) is 20.4. The Morgan fingerprint density at radius 2 is 1.79 bits per heavy atom. The average molecular weight is 461 g/mol. The third-order valence-electron chi connectivity index (χ3n) is 4.24. The zero-order valence-corrected chi connectivity index (χ0v) is 17.8. The molecule has 3 rings (SSSR count). The Kier molecular flexibility index (Phi) is 5.81. The molecule has 0 bridgehead atoms. The van der Waals surface area contributed by atoms with Crippen molar-refractivity contribution in [3.63, 3.8) is 0 Å². The van der Waals surface area contributed by atoms with Crippen LogP contribution in [0, 0.1) is 6.92 Å². The number of halogens is 1. The van der Waals surface area contributed by atoms with Crippen LogP contribution < -0.4 is 19.7 Å². The van der Waals surface area contributed by atoms with E-state index in [1.807, 2.05) is 13.0 Å². The molecule has 2 amide bonds. The van der Waals surface area contributed by atoms with Crippen molar-refractivity contribution in [1.82, 2.24) is 5.32 Å². The number of anilines is 1. The number of rotatable bonds is 4. The van der Waals surface area contributed by atoms with E-state index < -0.39 is 11.8 Å². The summed E-state index contributed by atoms with van der Waals surface area (Å²) in [6.07, 6.45) is 1.53. The molecule has 8 heteroatoms. The first kappa shape index (κ1) is 20.0. The maximum absolute atomic E-state index is 13.1. The number of carbonyl (C=O) groups is 2. The van der Waals surface area contributed by atoms with E-state index in [4.69, 9.17) is 21.7 Å². The second-order valence-electron chi connectivity index (χ2n) is 6.00. The Labute approximate surface area is 176 Å². The number of hydrogen-bond acceptors (Lipinski definition) is 5. The monoisotopic (exact) mass is 460 g/mol. The van der Waals surface area contributed by atoms with Crippen molar-refractivity contribution in [2.24, 2.45) is 0 Å². The summed E-state index contributed by atoms with van der Waals surface area (Å²) >= 11 is 8.60. The van der Waals surface area contributed by atoms with E-state index in [0.717, 1.165) is 10.0 Å². The summed E-state index contributed by atoms with van der Waals surface area (Å²) in [5, 5.41) is 2.61. The van der Waals surface area contributed by atoms with Crippen LogP contribution in [0.2, 0.25) is 0 Å².